The van der Waals surface area contributed by atoms with Gasteiger partial charge in [-0.1, -0.05) is 18.2 Å². The molecule has 1 unspecified atom stereocenters. The van der Waals surface area contributed by atoms with E-state index >= 15 is 0 Å². The summed E-state index contributed by atoms with van der Waals surface area (Å²) in [6, 6.07) is 18.2. The number of fused-ring (bicyclic) bond motifs is 2. The number of methoxy groups -OCH3 is 5. The standard InChI is InChI=1S/C38H40N2O7/c1-40-16-14-24-20-33(43-4)36(45-6)38-34(24)29(40)18-25-9-12-30(41-2)37(35(25)44-5)46-26-10-7-22(8-11-26)17-28-27-21-32(47-38)31(42-3)19-23(27)13-15-39-28/h7-12,19-21,29H,13-18H2,1-6H3. The summed E-state index contributed by atoms with van der Waals surface area (Å²) in [5, 5.41) is 0. The Hall–Kier alpha value is -4.89. The van der Waals surface area contributed by atoms with Gasteiger partial charge in [0.25, 0.3) is 0 Å². The summed E-state index contributed by atoms with van der Waals surface area (Å²) in [6.45, 7) is 1.57. The molecule has 0 saturated carbocycles. The van der Waals surface area contributed by atoms with Crippen molar-refractivity contribution < 1.29 is 33.2 Å². The van der Waals surface area contributed by atoms with Crippen LogP contribution in [0.1, 0.15) is 39.4 Å². The van der Waals surface area contributed by atoms with E-state index in [1.165, 1.54) is 5.56 Å². The number of nitrogens with zero attached hydrogens (tertiary/aromatic N) is 2. The Morgan fingerprint density at radius 1 is 0.702 bits per heavy atom. The van der Waals surface area contributed by atoms with E-state index < -0.39 is 0 Å². The third-order valence-corrected chi connectivity index (χ3v) is 9.45. The van der Waals surface area contributed by atoms with Gasteiger partial charge < -0.3 is 33.2 Å². The Morgan fingerprint density at radius 2 is 1.45 bits per heavy atom. The van der Waals surface area contributed by atoms with Gasteiger partial charge in [-0.25, -0.2) is 0 Å². The number of rotatable bonds is 5. The topological polar surface area (TPSA) is 80.2 Å². The summed E-state index contributed by atoms with van der Waals surface area (Å²) in [6.07, 6.45) is 2.91. The van der Waals surface area contributed by atoms with E-state index in [0.29, 0.717) is 71.1 Å². The molecular formula is C38H40N2O7. The van der Waals surface area contributed by atoms with E-state index in [1.54, 1.807) is 35.5 Å². The van der Waals surface area contributed by atoms with E-state index in [-0.39, 0.29) is 6.04 Å². The lowest BCUT2D eigenvalue weighted by molar-refractivity contribution is 0.219. The molecule has 1 atom stereocenters. The number of hydrogen-bond acceptors (Lipinski definition) is 9. The largest absolute Gasteiger partial charge is 0.493 e. The summed E-state index contributed by atoms with van der Waals surface area (Å²) in [5.74, 6) is 5.43. The van der Waals surface area contributed by atoms with Crippen LogP contribution in [0.5, 0.6) is 51.7 Å². The molecule has 4 aliphatic heterocycles. The van der Waals surface area contributed by atoms with Crippen molar-refractivity contribution in [3.05, 3.63) is 88.0 Å². The number of likely N-dealkylation sites (N-methyl/N-ethyl adjacent to an activating group) is 1. The first-order chi connectivity index (χ1) is 23.0. The maximum Gasteiger partial charge on any atom is 0.211 e. The smallest absolute Gasteiger partial charge is 0.211 e. The quantitative estimate of drug-likeness (QED) is 0.232. The highest BCUT2D eigenvalue weighted by molar-refractivity contribution is 6.04. The fourth-order valence-electron chi connectivity index (χ4n) is 7.03. The fraction of sp³-hybridized carbons (Fsp3) is 0.342. The van der Waals surface area contributed by atoms with Gasteiger partial charge in [0.2, 0.25) is 11.5 Å². The molecule has 244 valence electrons. The summed E-state index contributed by atoms with van der Waals surface area (Å²) in [7, 11) is 10.4. The van der Waals surface area contributed by atoms with Crippen LogP contribution in [-0.2, 0) is 25.7 Å². The third kappa shape index (κ3) is 5.48. The van der Waals surface area contributed by atoms with Gasteiger partial charge >= 0.3 is 0 Å². The van der Waals surface area contributed by atoms with Gasteiger partial charge in [0.05, 0.1) is 35.5 Å². The third-order valence-electron chi connectivity index (χ3n) is 9.45. The van der Waals surface area contributed by atoms with Crippen LogP contribution in [0.25, 0.3) is 0 Å². The number of hydrogen-bond donors (Lipinski definition) is 0. The van der Waals surface area contributed by atoms with E-state index in [9.17, 15) is 0 Å². The van der Waals surface area contributed by atoms with Crippen molar-refractivity contribution in [1.29, 1.82) is 0 Å². The Kier molecular flexibility index (Phi) is 8.32. The predicted molar refractivity (Wildman–Crippen MR) is 180 cm³/mol. The van der Waals surface area contributed by atoms with Gasteiger partial charge in [-0.15, -0.1) is 0 Å². The Balaban J connectivity index is 1.49. The molecule has 4 heterocycles. The molecule has 0 spiro atoms. The van der Waals surface area contributed by atoms with Crippen LogP contribution in [0.3, 0.4) is 0 Å². The molecule has 9 heteroatoms. The first kappa shape index (κ1) is 30.7. The van der Waals surface area contributed by atoms with Crippen molar-refractivity contribution in [2.45, 2.75) is 31.7 Å². The van der Waals surface area contributed by atoms with Gasteiger partial charge in [0, 0.05) is 48.0 Å². The number of ether oxygens (including phenoxy) is 7. The lowest BCUT2D eigenvalue weighted by atomic mass is 9.87. The van der Waals surface area contributed by atoms with E-state index in [0.717, 1.165) is 52.9 Å². The summed E-state index contributed by atoms with van der Waals surface area (Å²) >= 11 is 0. The minimum Gasteiger partial charge on any atom is -0.493 e. The number of benzene rings is 4. The zero-order chi connectivity index (χ0) is 32.7. The molecule has 4 aromatic carbocycles. The zero-order valence-electron chi connectivity index (χ0n) is 27.8. The molecule has 0 saturated heterocycles. The molecule has 4 aliphatic rings. The molecule has 4 aromatic rings. The summed E-state index contributed by atoms with van der Waals surface area (Å²) < 4.78 is 43.1. The maximum atomic E-state index is 6.98. The highest BCUT2D eigenvalue weighted by Crippen LogP contribution is 2.52. The van der Waals surface area contributed by atoms with Gasteiger partial charge in [0.1, 0.15) is 5.75 Å². The molecule has 8 rings (SSSR count). The predicted octanol–water partition coefficient (Wildman–Crippen LogP) is 6.99. The Morgan fingerprint density at radius 3 is 2.17 bits per heavy atom. The molecule has 0 N–H and O–H groups in total. The van der Waals surface area contributed by atoms with Crippen LogP contribution in [0.15, 0.2) is 59.6 Å². The van der Waals surface area contributed by atoms with Crippen LogP contribution in [-0.4, -0.2) is 66.3 Å². The normalized spacial score (nSPS) is 16.8. The van der Waals surface area contributed by atoms with E-state index in [4.69, 9.17) is 38.2 Å². The zero-order valence-corrected chi connectivity index (χ0v) is 27.8. The molecule has 0 aliphatic carbocycles. The van der Waals surface area contributed by atoms with Crippen LogP contribution in [0.2, 0.25) is 0 Å². The first-order valence-electron chi connectivity index (χ1n) is 15.9. The molecule has 0 fully saturated rings. The second kappa shape index (κ2) is 12.7. The second-order valence-electron chi connectivity index (χ2n) is 12.0. The fourth-order valence-corrected chi connectivity index (χ4v) is 7.03. The van der Waals surface area contributed by atoms with Crippen molar-refractivity contribution in [2.24, 2.45) is 4.99 Å². The molecule has 0 aromatic heterocycles. The highest BCUT2D eigenvalue weighted by atomic mass is 16.6. The van der Waals surface area contributed by atoms with E-state index in [2.05, 4.69) is 42.3 Å². The maximum absolute atomic E-state index is 6.98. The van der Waals surface area contributed by atoms with Crippen molar-refractivity contribution in [3.63, 3.8) is 0 Å². The summed E-state index contributed by atoms with van der Waals surface area (Å²) in [5.41, 5.74) is 7.50. The Labute approximate surface area is 275 Å². The molecule has 0 radical (unpaired) electrons. The van der Waals surface area contributed by atoms with Crippen molar-refractivity contribution >= 4 is 5.71 Å². The van der Waals surface area contributed by atoms with Crippen molar-refractivity contribution in [3.8, 4) is 51.7 Å². The molecular weight excluding hydrogens is 596 g/mol. The van der Waals surface area contributed by atoms with Crippen LogP contribution in [0, 0.1) is 0 Å². The van der Waals surface area contributed by atoms with Crippen LogP contribution in [0.4, 0.5) is 0 Å². The molecule has 47 heavy (non-hydrogen) atoms. The van der Waals surface area contributed by atoms with Gasteiger partial charge in [-0.3, -0.25) is 9.89 Å². The Bertz CT molecular complexity index is 1850. The first-order valence-corrected chi connectivity index (χ1v) is 15.9. The van der Waals surface area contributed by atoms with E-state index in [1.807, 2.05) is 24.3 Å². The second-order valence-corrected chi connectivity index (χ2v) is 12.0. The average Bonchev–Trinajstić information content (AvgIpc) is 3.09. The van der Waals surface area contributed by atoms with Crippen LogP contribution >= 0.6 is 0 Å². The number of aliphatic imine (C=N–C) groups is 1. The minimum atomic E-state index is -0.0948. The van der Waals surface area contributed by atoms with Gasteiger partial charge in [-0.2, -0.15) is 0 Å². The lowest BCUT2D eigenvalue weighted by Crippen LogP contribution is -2.34. The lowest BCUT2D eigenvalue weighted by Gasteiger charge is -2.37. The molecule has 0 amide bonds. The van der Waals surface area contributed by atoms with Crippen molar-refractivity contribution in [1.82, 2.24) is 4.90 Å². The monoisotopic (exact) mass is 636 g/mol. The minimum absolute atomic E-state index is 0.0948. The van der Waals surface area contributed by atoms with Crippen molar-refractivity contribution in [2.75, 3.05) is 55.7 Å². The average molecular weight is 637 g/mol. The highest BCUT2D eigenvalue weighted by Gasteiger charge is 2.35. The molecule has 9 nitrogen and oxygen atoms in total. The van der Waals surface area contributed by atoms with Crippen LogP contribution < -0.4 is 33.2 Å². The molecule has 6 bridgehead atoms. The van der Waals surface area contributed by atoms with Gasteiger partial charge in [0.15, 0.2) is 34.5 Å². The SMILES string of the molecule is COc1cc2c3cc1Oc1c(OC)c(OC)cc4c1C(Cc1ccc(OC)c(c1OC)Oc1ccc(cc1)CC3=NCC2)N(C)CC4. The van der Waals surface area contributed by atoms with Gasteiger partial charge in [-0.05, 0) is 79.4 Å². The summed E-state index contributed by atoms with van der Waals surface area (Å²) in [4.78, 5) is 7.32.